The molecule has 2 unspecified atom stereocenters. The summed E-state index contributed by atoms with van der Waals surface area (Å²) >= 11 is 6.07. The van der Waals surface area contributed by atoms with E-state index in [2.05, 4.69) is 61.5 Å². The van der Waals surface area contributed by atoms with Crippen LogP contribution in [0.15, 0.2) is 47.3 Å². The molecule has 2 aromatic heterocycles. The minimum Gasteiger partial charge on any atom is -0.376 e. The summed E-state index contributed by atoms with van der Waals surface area (Å²) in [6.45, 7) is 9.64. The van der Waals surface area contributed by atoms with Gasteiger partial charge in [0.2, 0.25) is 0 Å². The highest BCUT2D eigenvalue weighted by Gasteiger charge is 2.33. The number of tetrazole rings is 1. The zero-order valence-corrected chi connectivity index (χ0v) is 23.2. The summed E-state index contributed by atoms with van der Waals surface area (Å²) in [4.78, 5) is 21.6. The number of aromatic amines is 1. The van der Waals surface area contributed by atoms with Crippen molar-refractivity contribution < 1.29 is 4.74 Å². The number of nitrogens with zero attached hydrogens (tertiary/aromatic N) is 6. The van der Waals surface area contributed by atoms with Crippen LogP contribution in [0.4, 0.5) is 0 Å². The van der Waals surface area contributed by atoms with Crippen molar-refractivity contribution >= 4 is 22.5 Å². The molecule has 4 heterocycles. The Morgan fingerprint density at radius 2 is 1.90 bits per heavy atom. The van der Waals surface area contributed by atoms with E-state index in [-0.39, 0.29) is 17.7 Å². The van der Waals surface area contributed by atoms with Gasteiger partial charge in [-0.3, -0.25) is 14.6 Å². The van der Waals surface area contributed by atoms with Crippen molar-refractivity contribution in [3.63, 3.8) is 0 Å². The standard InChI is InChI=1S/C29H34ClN7O2/c1-19-14-20(2)26-22(15-19)16-25(29(38)31-26)27(28-32-33-34-37(28)18-24-4-3-13-39-24)36-11-9-35(10-12-36)17-21-5-7-23(30)8-6-21/h5-8,14-16,24,27H,3-4,9-13,17-18H2,1-2H3,(H,31,38). The Morgan fingerprint density at radius 3 is 2.64 bits per heavy atom. The van der Waals surface area contributed by atoms with Crippen molar-refractivity contribution in [2.24, 2.45) is 0 Å². The first-order valence-electron chi connectivity index (χ1n) is 13.7. The molecule has 0 spiro atoms. The monoisotopic (exact) mass is 547 g/mol. The highest BCUT2D eigenvalue weighted by Crippen LogP contribution is 2.29. The lowest BCUT2D eigenvalue weighted by Crippen LogP contribution is -2.48. The van der Waals surface area contributed by atoms with E-state index in [0.717, 1.165) is 79.2 Å². The number of aromatic nitrogens is 5. The second-order valence-corrected chi connectivity index (χ2v) is 11.2. The van der Waals surface area contributed by atoms with E-state index in [1.165, 1.54) is 5.56 Å². The third-order valence-corrected chi connectivity index (χ3v) is 8.16. The molecular formula is C29H34ClN7O2. The van der Waals surface area contributed by atoms with Gasteiger partial charge >= 0.3 is 0 Å². The van der Waals surface area contributed by atoms with Crippen molar-refractivity contribution in [1.29, 1.82) is 0 Å². The number of hydrogen-bond acceptors (Lipinski definition) is 7. The van der Waals surface area contributed by atoms with Crippen LogP contribution < -0.4 is 5.56 Å². The lowest BCUT2D eigenvalue weighted by molar-refractivity contribution is 0.0840. The minimum atomic E-state index is -0.368. The number of aryl methyl sites for hydroxylation is 2. The van der Waals surface area contributed by atoms with Crippen LogP contribution in [0.5, 0.6) is 0 Å². The molecule has 1 N–H and O–H groups in total. The lowest BCUT2D eigenvalue weighted by Gasteiger charge is -2.38. The van der Waals surface area contributed by atoms with Gasteiger partial charge in [-0.05, 0) is 77.9 Å². The van der Waals surface area contributed by atoms with Crippen LogP contribution in [0.1, 0.15) is 47.0 Å². The quantitative estimate of drug-likeness (QED) is 0.375. The highest BCUT2D eigenvalue weighted by molar-refractivity contribution is 6.30. The Labute approximate surface area is 232 Å². The largest absolute Gasteiger partial charge is 0.376 e. The number of pyridine rings is 1. The minimum absolute atomic E-state index is 0.0873. The molecule has 2 aliphatic rings. The van der Waals surface area contributed by atoms with Gasteiger partial charge in [0.1, 0.15) is 6.04 Å². The third-order valence-electron chi connectivity index (χ3n) is 7.91. The van der Waals surface area contributed by atoms with Gasteiger partial charge < -0.3 is 9.72 Å². The van der Waals surface area contributed by atoms with Crippen molar-refractivity contribution in [2.75, 3.05) is 32.8 Å². The molecule has 204 valence electrons. The Bertz CT molecular complexity index is 1500. The predicted molar refractivity (Wildman–Crippen MR) is 151 cm³/mol. The second-order valence-electron chi connectivity index (χ2n) is 10.8. The molecule has 2 fully saturated rings. The van der Waals surface area contributed by atoms with E-state index in [4.69, 9.17) is 16.3 Å². The van der Waals surface area contributed by atoms with Gasteiger partial charge in [0.15, 0.2) is 5.82 Å². The van der Waals surface area contributed by atoms with Crippen molar-refractivity contribution in [2.45, 2.75) is 51.9 Å². The second kappa shape index (κ2) is 11.2. The van der Waals surface area contributed by atoms with Crippen molar-refractivity contribution in [3.05, 3.63) is 85.9 Å². The summed E-state index contributed by atoms with van der Waals surface area (Å²) in [5.74, 6) is 0.686. The van der Waals surface area contributed by atoms with Crippen LogP contribution in [0.2, 0.25) is 5.02 Å². The third kappa shape index (κ3) is 5.63. The molecule has 0 amide bonds. The van der Waals surface area contributed by atoms with Gasteiger partial charge in [0.05, 0.1) is 18.2 Å². The smallest absolute Gasteiger partial charge is 0.253 e. The summed E-state index contributed by atoms with van der Waals surface area (Å²) in [6.07, 6.45) is 2.12. The van der Waals surface area contributed by atoms with Gasteiger partial charge in [-0.1, -0.05) is 35.4 Å². The number of nitrogens with one attached hydrogen (secondary N) is 1. The summed E-state index contributed by atoms with van der Waals surface area (Å²) in [5, 5.41) is 14.6. The molecular weight excluding hydrogens is 514 g/mol. The fourth-order valence-corrected chi connectivity index (χ4v) is 6.08. The van der Waals surface area contributed by atoms with Gasteiger partial charge in [0.25, 0.3) is 5.56 Å². The number of rotatable bonds is 7. The van der Waals surface area contributed by atoms with Crippen LogP contribution in [-0.2, 0) is 17.8 Å². The van der Waals surface area contributed by atoms with Crippen LogP contribution >= 0.6 is 11.6 Å². The fourth-order valence-electron chi connectivity index (χ4n) is 5.95. The number of benzene rings is 2. The van der Waals surface area contributed by atoms with Gasteiger partial charge in [0, 0.05) is 49.9 Å². The predicted octanol–water partition coefficient (Wildman–Crippen LogP) is 3.87. The Kier molecular flexibility index (Phi) is 7.49. The Hall–Kier alpha value is -3.11. The molecule has 0 saturated carbocycles. The Balaban J connectivity index is 1.33. The molecule has 2 saturated heterocycles. The molecule has 2 atom stereocenters. The Morgan fingerprint density at radius 1 is 1.10 bits per heavy atom. The van der Waals surface area contributed by atoms with Crippen LogP contribution in [-0.4, -0.2) is 73.9 Å². The first-order chi connectivity index (χ1) is 18.9. The average Bonchev–Trinajstić information content (AvgIpc) is 3.60. The molecule has 4 aromatic rings. The number of hydrogen-bond donors (Lipinski definition) is 1. The summed E-state index contributed by atoms with van der Waals surface area (Å²) in [6, 6.07) is 13.9. The normalized spacial score (nSPS) is 19.6. The molecule has 0 radical (unpaired) electrons. The van der Waals surface area contributed by atoms with Crippen LogP contribution in [0, 0.1) is 13.8 Å². The number of piperazine rings is 1. The highest BCUT2D eigenvalue weighted by atomic mass is 35.5. The van der Waals surface area contributed by atoms with E-state index in [9.17, 15) is 4.79 Å². The molecule has 2 aromatic carbocycles. The molecule has 2 aliphatic heterocycles. The van der Waals surface area contributed by atoms with Gasteiger partial charge in [-0.2, -0.15) is 0 Å². The van der Waals surface area contributed by atoms with E-state index in [1.54, 1.807) is 0 Å². The average molecular weight is 548 g/mol. The summed E-state index contributed by atoms with van der Waals surface area (Å²) < 4.78 is 7.72. The zero-order chi connectivity index (χ0) is 26.9. The molecule has 0 aliphatic carbocycles. The van der Waals surface area contributed by atoms with Crippen molar-refractivity contribution in [1.82, 2.24) is 35.0 Å². The lowest BCUT2D eigenvalue weighted by atomic mass is 10.00. The van der Waals surface area contributed by atoms with Crippen molar-refractivity contribution in [3.8, 4) is 0 Å². The van der Waals surface area contributed by atoms with E-state index >= 15 is 0 Å². The summed E-state index contributed by atoms with van der Waals surface area (Å²) in [5.41, 5.74) is 4.90. The number of halogens is 1. The molecule has 39 heavy (non-hydrogen) atoms. The maximum absolute atomic E-state index is 13.6. The van der Waals surface area contributed by atoms with E-state index < -0.39 is 0 Å². The number of H-pyrrole nitrogens is 1. The van der Waals surface area contributed by atoms with Crippen LogP contribution in [0.25, 0.3) is 10.9 Å². The number of fused-ring (bicyclic) bond motifs is 1. The van der Waals surface area contributed by atoms with Crippen LogP contribution in [0.3, 0.4) is 0 Å². The first kappa shape index (κ1) is 26.1. The van der Waals surface area contributed by atoms with E-state index in [1.807, 2.05) is 29.8 Å². The molecule has 0 bridgehead atoms. The number of ether oxygens (including phenoxy) is 1. The molecule has 9 nitrogen and oxygen atoms in total. The van der Waals surface area contributed by atoms with E-state index in [0.29, 0.717) is 17.9 Å². The van der Waals surface area contributed by atoms with Gasteiger partial charge in [-0.25, -0.2) is 4.68 Å². The topological polar surface area (TPSA) is 92.2 Å². The fraction of sp³-hybridized carbons (Fsp3) is 0.448. The van der Waals surface area contributed by atoms with Gasteiger partial charge in [-0.15, -0.1) is 5.10 Å². The molecule has 10 heteroatoms. The zero-order valence-electron chi connectivity index (χ0n) is 22.4. The maximum Gasteiger partial charge on any atom is 0.253 e. The maximum atomic E-state index is 13.6. The summed E-state index contributed by atoms with van der Waals surface area (Å²) in [7, 11) is 0. The first-order valence-corrected chi connectivity index (χ1v) is 14.0. The molecule has 6 rings (SSSR count). The SMILES string of the molecule is Cc1cc(C)c2[nH]c(=O)c(C(c3nnnn3CC3CCCO3)N3CCN(Cc4ccc(Cl)cc4)CC3)cc2c1.